The van der Waals surface area contributed by atoms with E-state index in [2.05, 4.69) is 5.32 Å². The molecule has 0 aliphatic carbocycles. The van der Waals surface area contributed by atoms with E-state index in [0.29, 0.717) is 52.1 Å². The Morgan fingerprint density at radius 2 is 1.75 bits per heavy atom. The molecule has 0 unspecified atom stereocenters. The lowest BCUT2D eigenvalue weighted by Gasteiger charge is -2.30. The minimum atomic E-state index is -3.59. The summed E-state index contributed by atoms with van der Waals surface area (Å²) in [6, 6.07) is 11.6. The first-order valence-electron chi connectivity index (χ1n) is 10.3. The molecule has 174 valence electrons. The van der Waals surface area contributed by atoms with Crippen LogP contribution in [0.2, 0.25) is 10.0 Å². The molecule has 1 aliphatic heterocycles. The van der Waals surface area contributed by atoms with Crippen LogP contribution < -0.4 is 5.32 Å². The molecule has 1 amide bonds. The monoisotopic (exact) mass is 518 g/mol. The number of amides is 1. The normalized spacial score (nSPS) is 15.6. The third kappa shape index (κ3) is 6.84. The number of carbonyl (C=O) groups is 1. The van der Waals surface area contributed by atoms with E-state index in [-0.39, 0.29) is 36.5 Å². The molecule has 1 heterocycles. The summed E-state index contributed by atoms with van der Waals surface area (Å²) in [5.74, 6) is 0.453. The molecule has 0 spiro atoms. The molecule has 0 atom stereocenters. The molecular weight excluding hydrogens is 494 g/mol. The van der Waals surface area contributed by atoms with Crippen molar-refractivity contribution in [1.29, 1.82) is 0 Å². The number of carbonyl (C=O) groups excluding carboxylic acids is 1. The first-order chi connectivity index (χ1) is 15.3. The van der Waals surface area contributed by atoms with Gasteiger partial charge in [0.2, 0.25) is 15.9 Å². The predicted octanol–water partition coefficient (Wildman–Crippen LogP) is 4.72. The highest BCUT2D eigenvalue weighted by molar-refractivity contribution is 7.98. The van der Waals surface area contributed by atoms with E-state index in [1.807, 2.05) is 0 Å². The third-order valence-corrected chi connectivity index (χ3v) is 8.89. The smallest absolute Gasteiger partial charge is 0.223 e. The number of hydrogen-bond acceptors (Lipinski definition) is 4. The molecule has 1 saturated heterocycles. The summed E-state index contributed by atoms with van der Waals surface area (Å²) < 4.78 is 40.6. The van der Waals surface area contributed by atoms with Crippen molar-refractivity contribution in [1.82, 2.24) is 9.62 Å². The lowest BCUT2D eigenvalue weighted by atomic mass is 9.97. The maximum Gasteiger partial charge on any atom is 0.223 e. The largest absolute Gasteiger partial charge is 0.355 e. The number of sulfonamides is 1. The van der Waals surface area contributed by atoms with Gasteiger partial charge in [0, 0.05) is 52.7 Å². The van der Waals surface area contributed by atoms with Gasteiger partial charge in [-0.05, 0) is 36.6 Å². The van der Waals surface area contributed by atoms with Gasteiger partial charge in [0.1, 0.15) is 5.82 Å². The molecule has 1 aliphatic rings. The molecule has 0 saturated carbocycles. The van der Waals surface area contributed by atoms with Crippen molar-refractivity contribution in [3.05, 3.63) is 69.5 Å². The Kier molecular flexibility index (Phi) is 9.25. The molecule has 2 aromatic rings. The molecular formula is C22H25Cl2FN2O3S2. The summed E-state index contributed by atoms with van der Waals surface area (Å²) in [5, 5.41) is 3.55. The van der Waals surface area contributed by atoms with Crippen LogP contribution in [0.3, 0.4) is 0 Å². The Balaban J connectivity index is 1.41. The van der Waals surface area contributed by atoms with Crippen molar-refractivity contribution in [2.75, 3.05) is 25.4 Å². The van der Waals surface area contributed by atoms with Gasteiger partial charge >= 0.3 is 0 Å². The van der Waals surface area contributed by atoms with Crippen molar-refractivity contribution < 1.29 is 17.6 Å². The minimum Gasteiger partial charge on any atom is -0.355 e. The second-order valence-corrected chi connectivity index (χ2v) is 11.5. The van der Waals surface area contributed by atoms with Gasteiger partial charge < -0.3 is 5.32 Å². The van der Waals surface area contributed by atoms with E-state index in [4.69, 9.17) is 23.2 Å². The predicted molar refractivity (Wildman–Crippen MR) is 129 cm³/mol. The van der Waals surface area contributed by atoms with Crippen LogP contribution in [-0.2, 0) is 26.3 Å². The number of hydrogen-bond donors (Lipinski definition) is 1. The SMILES string of the molecule is O=C(NCCSCc1ccccc1F)C1CCN(S(=O)(=O)Cc2c(Cl)cccc2Cl)CC1. The fourth-order valence-corrected chi connectivity index (χ4v) is 6.69. The van der Waals surface area contributed by atoms with E-state index in [0.717, 1.165) is 0 Å². The number of halogens is 3. The van der Waals surface area contributed by atoms with E-state index < -0.39 is 10.0 Å². The Morgan fingerprint density at radius 1 is 1.09 bits per heavy atom. The zero-order chi connectivity index (χ0) is 23.1. The van der Waals surface area contributed by atoms with Gasteiger partial charge in [-0.15, -0.1) is 0 Å². The molecule has 32 heavy (non-hydrogen) atoms. The molecule has 5 nitrogen and oxygen atoms in total. The average molecular weight is 519 g/mol. The summed E-state index contributed by atoms with van der Waals surface area (Å²) in [5.41, 5.74) is 1.04. The zero-order valence-electron chi connectivity index (χ0n) is 17.4. The van der Waals surface area contributed by atoms with Crippen LogP contribution in [0.5, 0.6) is 0 Å². The van der Waals surface area contributed by atoms with E-state index in [1.54, 1.807) is 48.2 Å². The summed E-state index contributed by atoms with van der Waals surface area (Å²) in [6.45, 7) is 1.05. The number of nitrogens with one attached hydrogen (secondary N) is 1. The van der Waals surface area contributed by atoms with Gasteiger partial charge in [-0.1, -0.05) is 47.5 Å². The second kappa shape index (κ2) is 11.7. The number of piperidine rings is 1. The maximum atomic E-state index is 13.6. The van der Waals surface area contributed by atoms with Gasteiger partial charge in [0.05, 0.1) is 5.75 Å². The van der Waals surface area contributed by atoms with Crippen molar-refractivity contribution in [3.63, 3.8) is 0 Å². The Hall–Kier alpha value is -1.32. The number of rotatable bonds is 9. The van der Waals surface area contributed by atoms with Crippen LogP contribution >= 0.6 is 35.0 Å². The maximum absolute atomic E-state index is 13.6. The highest BCUT2D eigenvalue weighted by atomic mass is 35.5. The third-order valence-electron chi connectivity index (χ3n) is 5.37. The fraction of sp³-hybridized carbons (Fsp3) is 0.409. The molecule has 1 fully saturated rings. The van der Waals surface area contributed by atoms with Gasteiger partial charge in [-0.25, -0.2) is 17.1 Å². The minimum absolute atomic E-state index is 0.0670. The Labute approximate surface area is 202 Å². The quantitative estimate of drug-likeness (QED) is 0.487. The molecule has 3 rings (SSSR count). The molecule has 2 aromatic carbocycles. The summed E-state index contributed by atoms with van der Waals surface area (Å²) in [7, 11) is -3.59. The first-order valence-corrected chi connectivity index (χ1v) is 13.8. The van der Waals surface area contributed by atoms with Crippen LogP contribution in [0.1, 0.15) is 24.0 Å². The molecule has 0 aromatic heterocycles. The van der Waals surface area contributed by atoms with E-state index >= 15 is 0 Å². The van der Waals surface area contributed by atoms with Crippen LogP contribution in [0.4, 0.5) is 4.39 Å². The highest BCUT2D eigenvalue weighted by Gasteiger charge is 2.31. The second-order valence-electron chi connectivity index (χ2n) is 7.56. The Morgan fingerprint density at radius 3 is 2.41 bits per heavy atom. The fourth-order valence-electron chi connectivity index (χ4n) is 3.53. The molecule has 0 radical (unpaired) electrons. The zero-order valence-corrected chi connectivity index (χ0v) is 20.5. The van der Waals surface area contributed by atoms with Crippen molar-refractivity contribution in [3.8, 4) is 0 Å². The highest BCUT2D eigenvalue weighted by Crippen LogP contribution is 2.29. The summed E-state index contributed by atoms with van der Waals surface area (Å²) >= 11 is 13.8. The van der Waals surface area contributed by atoms with Crippen molar-refractivity contribution in [2.45, 2.75) is 24.3 Å². The number of thioether (sulfide) groups is 1. The van der Waals surface area contributed by atoms with E-state index in [9.17, 15) is 17.6 Å². The van der Waals surface area contributed by atoms with Crippen LogP contribution in [0.25, 0.3) is 0 Å². The molecule has 1 N–H and O–H groups in total. The lowest BCUT2D eigenvalue weighted by Crippen LogP contribution is -2.43. The van der Waals surface area contributed by atoms with Crippen LogP contribution in [0.15, 0.2) is 42.5 Å². The van der Waals surface area contributed by atoms with Crippen molar-refractivity contribution in [2.24, 2.45) is 5.92 Å². The summed E-state index contributed by atoms with van der Waals surface area (Å²) in [4.78, 5) is 12.4. The van der Waals surface area contributed by atoms with Crippen LogP contribution in [-0.4, -0.2) is 44.0 Å². The van der Waals surface area contributed by atoms with Gasteiger partial charge in [0.15, 0.2) is 0 Å². The van der Waals surface area contributed by atoms with Crippen LogP contribution in [0, 0.1) is 11.7 Å². The van der Waals surface area contributed by atoms with Gasteiger partial charge in [-0.3, -0.25) is 4.79 Å². The Bertz CT molecular complexity index is 1020. The standard InChI is InChI=1S/C22H25Cl2FN2O3S2/c23-19-5-3-6-20(24)18(19)15-32(29,30)27-11-8-16(9-12-27)22(28)26-10-13-31-14-17-4-1-2-7-21(17)25/h1-7,16H,8-15H2,(H,26,28). The molecule has 0 bridgehead atoms. The topological polar surface area (TPSA) is 66.5 Å². The average Bonchev–Trinajstić information content (AvgIpc) is 2.77. The van der Waals surface area contributed by atoms with E-state index in [1.165, 1.54) is 10.4 Å². The number of benzene rings is 2. The lowest BCUT2D eigenvalue weighted by molar-refractivity contribution is -0.125. The summed E-state index contributed by atoms with van der Waals surface area (Å²) in [6.07, 6.45) is 0.924. The van der Waals surface area contributed by atoms with Crippen molar-refractivity contribution >= 4 is 50.9 Å². The molecule has 10 heteroatoms. The first kappa shape index (κ1) is 25.3. The number of nitrogens with zero attached hydrogens (tertiary/aromatic N) is 1. The van der Waals surface area contributed by atoms with Gasteiger partial charge in [0.25, 0.3) is 0 Å². The van der Waals surface area contributed by atoms with Gasteiger partial charge in [-0.2, -0.15) is 11.8 Å².